The standard InChI is InChI=1S/C25H50O2Si2/c1-11-12-15-19-25(27-29(21(2)3,22(4)5)23(6)7)24(26)18-16-13-14-17-20-28(8,9)10/h16,18,21-26H,11-15,19H2,1-10H3/b18-16+. The van der Waals surface area contributed by atoms with Gasteiger partial charge in [0.15, 0.2) is 0 Å². The fourth-order valence-corrected chi connectivity index (χ4v) is 10.7. The highest BCUT2D eigenvalue weighted by Gasteiger charge is 2.47. The molecule has 2 atom stereocenters. The molecule has 0 aromatic rings. The van der Waals surface area contributed by atoms with Crippen molar-refractivity contribution in [3.63, 3.8) is 0 Å². The number of hydrogen-bond acceptors (Lipinski definition) is 2. The normalized spacial score (nSPS) is 15.2. The van der Waals surface area contributed by atoms with Gasteiger partial charge in [0, 0.05) is 6.42 Å². The third-order valence-electron chi connectivity index (χ3n) is 5.77. The minimum absolute atomic E-state index is 0.0928. The number of hydrogen-bond donors (Lipinski definition) is 1. The van der Waals surface area contributed by atoms with Crippen molar-refractivity contribution >= 4 is 16.4 Å². The Bertz CT molecular complexity index is 499. The van der Waals surface area contributed by atoms with Crippen LogP contribution in [-0.4, -0.2) is 33.7 Å². The second-order valence-electron chi connectivity index (χ2n) is 10.5. The molecule has 0 bridgehead atoms. The van der Waals surface area contributed by atoms with E-state index in [9.17, 15) is 5.11 Å². The molecule has 0 radical (unpaired) electrons. The smallest absolute Gasteiger partial charge is 0.200 e. The van der Waals surface area contributed by atoms with E-state index < -0.39 is 22.5 Å². The van der Waals surface area contributed by atoms with Crippen molar-refractivity contribution in [2.45, 2.75) is 135 Å². The van der Waals surface area contributed by atoms with Crippen LogP contribution in [0.15, 0.2) is 12.2 Å². The van der Waals surface area contributed by atoms with Crippen molar-refractivity contribution in [1.82, 2.24) is 0 Å². The molecule has 170 valence electrons. The Labute approximate surface area is 185 Å². The summed E-state index contributed by atoms with van der Waals surface area (Å²) in [5, 5.41) is 11.0. The molecule has 4 heteroatoms. The molecular formula is C25H50O2Si2. The minimum atomic E-state index is -2.01. The van der Waals surface area contributed by atoms with Crippen molar-refractivity contribution < 1.29 is 9.53 Å². The van der Waals surface area contributed by atoms with Gasteiger partial charge in [0.2, 0.25) is 8.32 Å². The second-order valence-corrected chi connectivity index (χ2v) is 20.6. The molecule has 1 N–H and O–H groups in total. The van der Waals surface area contributed by atoms with Crippen LogP contribution in [0.3, 0.4) is 0 Å². The summed E-state index contributed by atoms with van der Waals surface area (Å²) in [5.74, 6) is 3.31. The van der Waals surface area contributed by atoms with Crippen LogP contribution >= 0.6 is 0 Å². The first-order chi connectivity index (χ1) is 13.4. The molecule has 29 heavy (non-hydrogen) atoms. The van der Waals surface area contributed by atoms with Gasteiger partial charge in [0.25, 0.3) is 0 Å². The van der Waals surface area contributed by atoms with Crippen molar-refractivity contribution in [1.29, 1.82) is 0 Å². The Morgan fingerprint density at radius 2 is 1.48 bits per heavy atom. The zero-order chi connectivity index (χ0) is 22.7. The van der Waals surface area contributed by atoms with Crippen LogP contribution in [0.4, 0.5) is 0 Å². The van der Waals surface area contributed by atoms with E-state index in [4.69, 9.17) is 4.43 Å². The van der Waals surface area contributed by atoms with E-state index in [0.717, 1.165) is 25.7 Å². The first-order valence-corrected chi connectivity index (χ1v) is 17.5. The highest BCUT2D eigenvalue weighted by molar-refractivity contribution is 6.83. The molecule has 0 saturated heterocycles. The van der Waals surface area contributed by atoms with Gasteiger partial charge in [-0.1, -0.05) is 99.5 Å². The van der Waals surface area contributed by atoms with E-state index in [0.29, 0.717) is 16.6 Å². The van der Waals surface area contributed by atoms with Crippen molar-refractivity contribution in [2.24, 2.45) is 0 Å². The Morgan fingerprint density at radius 1 is 0.931 bits per heavy atom. The molecule has 0 aliphatic rings. The van der Waals surface area contributed by atoms with Crippen LogP contribution in [-0.2, 0) is 4.43 Å². The quantitative estimate of drug-likeness (QED) is 0.138. The summed E-state index contributed by atoms with van der Waals surface area (Å²) in [6, 6.07) is 0. The number of rotatable bonds is 13. The van der Waals surface area contributed by atoms with Crippen LogP contribution in [0, 0.1) is 11.5 Å². The monoisotopic (exact) mass is 438 g/mol. The van der Waals surface area contributed by atoms with E-state index in [2.05, 4.69) is 85.6 Å². The average molecular weight is 439 g/mol. The Hall–Kier alpha value is -0.346. The Balaban J connectivity index is 5.27. The maximum Gasteiger partial charge on any atom is 0.200 e. The molecule has 2 nitrogen and oxygen atoms in total. The SMILES string of the molecule is CCCCCC(O[Si](C(C)C)(C(C)C)C(C)C)C(O)/C=C/CCC#C[Si](C)(C)C. The van der Waals surface area contributed by atoms with Gasteiger partial charge < -0.3 is 9.53 Å². The van der Waals surface area contributed by atoms with Gasteiger partial charge in [-0.3, -0.25) is 0 Å². The third-order valence-corrected chi connectivity index (χ3v) is 12.8. The van der Waals surface area contributed by atoms with Gasteiger partial charge in [0.05, 0.1) is 12.2 Å². The second kappa shape index (κ2) is 13.9. The van der Waals surface area contributed by atoms with Gasteiger partial charge >= 0.3 is 0 Å². The van der Waals surface area contributed by atoms with Gasteiger partial charge in [-0.25, -0.2) is 0 Å². The molecule has 0 aromatic carbocycles. The highest BCUT2D eigenvalue weighted by Crippen LogP contribution is 2.43. The van der Waals surface area contributed by atoms with Crippen molar-refractivity contribution in [3.05, 3.63) is 12.2 Å². The molecule has 0 spiro atoms. The van der Waals surface area contributed by atoms with Gasteiger partial charge in [-0.15, -0.1) is 11.5 Å². The van der Waals surface area contributed by atoms with Crippen LogP contribution < -0.4 is 0 Å². The summed E-state index contributed by atoms with van der Waals surface area (Å²) >= 11 is 0. The van der Waals surface area contributed by atoms with Crippen molar-refractivity contribution in [3.8, 4) is 11.5 Å². The fraction of sp³-hybridized carbons (Fsp3) is 0.840. The lowest BCUT2D eigenvalue weighted by Crippen LogP contribution is -2.52. The predicted octanol–water partition coefficient (Wildman–Crippen LogP) is 7.71. The summed E-state index contributed by atoms with van der Waals surface area (Å²) < 4.78 is 6.97. The first kappa shape index (κ1) is 28.7. The zero-order valence-corrected chi connectivity index (χ0v) is 23.1. The van der Waals surface area contributed by atoms with Gasteiger partial charge in [0.1, 0.15) is 8.07 Å². The minimum Gasteiger partial charge on any atom is -0.410 e. The number of aliphatic hydroxyl groups excluding tert-OH is 1. The molecule has 0 amide bonds. The number of allylic oxidation sites excluding steroid dienone is 1. The molecule has 0 rings (SSSR count). The molecule has 0 aliphatic heterocycles. The van der Waals surface area contributed by atoms with Crippen LogP contribution in [0.1, 0.15) is 87.0 Å². The van der Waals surface area contributed by atoms with E-state index in [1.54, 1.807) is 0 Å². The third kappa shape index (κ3) is 10.5. The van der Waals surface area contributed by atoms with E-state index >= 15 is 0 Å². The summed E-state index contributed by atoms with van der Waals surface area (Å²) in [5.41, 5.74) is 5.00. The van der Waals surface area contributed by atoms with Crippen LogP contribution in [0.5, 0.6) is 0 Å². The molecule has 2 unspecified atom stereocenters. The van der Waals surface area contributed by atoms with Crippen molar-refractivity contribution in [2.75, 3.05) is 0 Å². The van der Waals surface area contributed by atoms with Crippen LogP contribution in [0.25, 0.3) is 0 Å². The summed E-state index contributed by atoms with van der Waals surface area (Å²) in [7, 11) is -3.29. The Morgan fingerprint density at radius 3 is 1.93 bits per heavy atom. The molecule has 0 heterocycles. The molecule has 0 fully saturated rings. The van der Waals surface area contributed by atoms with E-state index in [1.807, 2.05) is 6.08 Å². The summed E-state index contributed by atoms with van der Waals surface area (Å²) in [4.78, 5) is 0. The molecule has 0 aliphatic carbocycles. The molecule has 0 aromatic heterocycles. The topological polar surface area (TPSA) is 29.5 Å². The highest BCUT2D eigenvalue weighted by atomic mass is 28.4. The zero-order valence-electron chi connectivity index (χ0n) is 21.1. The molecule has 0 saturated carbocycles. The average Bonchev–Trinajstić information content (AvgIpc) is 2.58. The number of unbranched alkanes of at least 4 members (excludes halogenated alkanes) is 3. The van der Waals surface area contributed by atoms with E-state index in [-0.39, 0.29) is 6.10 Å². The first-order valence-electron chi connectivity index (χ1n) is 11.9. The lowest BCUT2D eigenvalue weighted by atomic mass is 10.1. The summed E-state index contributed by atoms with van der Waals surface area (Å²) in [6.45, 7) is 22.9. The maximum atomic E-state index is 11.0. The van der Waals surface area contributed by atoms with Gasteiger partial charge in [-0.05, 0) is 29.5 Å². The van der Waals surface area contributed by atoms with Gasteiger partial charge in [-0.2, -0.15) is 0 Å². The summed E-state index contributed by atoms with van der Waals surface area (Å²) in [6.07, 6.45) is 9.66. The maximum absolute atomic E-state index is 11.0. The largest absolute Gasteiger partial charge is 0.410 e. The lowest BCUT2D eigenvalue weighted by molar-refractivity contribution is 0.0464. The molecular weight excluding hydrogens is 388 g/mol. The Kier molecular flexibility index (Phi) is 13.7. The van der Waals surface area contributed by atoms with E-state index in [1.165, 1.54) is 12.8 Å². The van der Waals surface area contributed by atoms with Crippen LogP contribution in [0.2, 0.25) is 36.3 Å². The predicted molar refractivity (Wildman–Crippen MR) is 136 cm³/mol. The number of aliphatic hydroxyl groups is 1. The lowest BCUT2D eigenvalue weighted by Gasteiger charge is -2.45. The fourth-order valence-electron chi connectivity index (χ4n) is 4.41.